The van der Waals surface area contributed by atoms with Gasteiger partial charge in [-0.3, -0.25) is 0 Å². The molecule has 3 rings (SSSR count). The van der Waals surface area contributed by atoms with Crippen molar-refractivity contribution in [2.75, 3.05) is 20.3 Å². The molecule has 0 unspecified atom stereocenters. The van der Waals surface area contributed by atoms with Crippen LogP contribution in [-0.4, -0.2) is 20.3 Å². The quantitative estimate of drug-likeness (QED) is 0.831. The highest BCUT2D eigenvalue weighted by atomic mass is 32.2. The molecule has 1 aliphatic rings. The molecule has 3 heteroatoms. The summed E-state index contributed by atoms with van der Waals surface area (Å²) in [6, 6.07) is 18.9. The molecule has 2 nitrogen and oxygen atoms in total. The van der Waals surface area contributed by atoms with Crippen LogP contribution in [0.3, 0.4) is 0 Å². The summed E-state index contributed by atoms with van der Waals surface area (Å²) >= 11 is 1.96. The molecule has 0 aliphatic carbocycles. The van der Waals surface area contributed by atoms with E-state index in [1.807, 2.05) is 23.9 Å². The van der Waals surface area contributed by atoms with Crippen molar-refractivity contribution in [1.82, 2.24) is 0 Å². The van der Waals surface area contributed by atoms with E-state index < -0.39 is 0 Å². The van der Waals surface area contributed by atoms with Crippen LogP contribution in [0.4, 0.5) is 0 Å². The van der Waals surface area contributed by atoms with Crippen LogP contribution in [0.25, 0.3) is 0 Å². The van der Waals surface area contributed by atoms with Gasteiger partial charge in [-0.1, -0.05) is 42.5 Å². The van der Waals surface area contributed by atoms with Crippen molar-refractivity contribution in [2.45, 2.75) is 10.5 Å². The summed E-state index contributed by atoms with van der Waals surface area (Å²) in [5.74, 6) is 1.91. The second kappa shape index (κ2) is 5.90. The maximum atomic E-state index is 5.49. The Labute approximate surface area is 124 Å². The summed E-state index contributed by atoms with van der Waals surface area (Å²) in [6.07, 6.45) is 0. The molecule has 1 heterocycles. The number of hydrogen-bond donors (Lipinski definition) is 0. The molecule has 0 radical (unpaired) electrons. The first-order valence-corrected chi connectivity index (χ1v) is 7.71. The smallest absolute Gasteiger partial charge is 0.118 e. The van der Waals surface area contributed by atoms with Gasteiger partial charge in [0.2, 0.25) is 0 Å². The molecular weight excluding hydrogens is 268 g/mol. The topological polar surface area (TPSA) is 18.5 Å². The highest BCUT2D eigenvalue weighted by Crippen LogP contribution is 2.44. The van der Waals surface area contributed by atoms with Crippen LogP contribution < -0.4 is 4.74 Å². The Balaban J connectivity index is 1.73. The first-order valence-electron chi connectivity index (χ1n) is 6.73. The zero-order valence-electron chi connectivity index (χ0n) is 11.5. The third-order valence-corrected chi connectivity index (χ3v) is 5.15. The van der Waals surface area contributed by atoms with Gasteiger partial charge in [-0.05, 0) is 23.3 Å². The van der Waals surface area contributed by atoms with Gasteiger partial charge in [-0.25, -0.2) is 0 Å². The lowest BCUT2D eigenvalue weighted by Crippen LogP contribution is -2.43. The SMILES string of the molecule is COc1ccc(C2(SCc3ccccc3)COC2)cc1. The van der Waals surface area contributed by atoms with E-state index in [2.05, 4.69) is 42.5 Å². The highest BCUT2D eigenvalue weighted by molar-refractivity contribution is 7.99. The molecule has 0 aromatic heterocycles. The fourth-order valence-corrected chi connectivity index (χ4v) is 3.58. The van der Waals surface area contributed by atoms with Gasteiger partial charge in [0.15, 0.2) is 0 Å². The first kappa shape index (κ1) is 13.5. The van der Waals surface area contributed by atoms with Gasteiger partial charge >= 0.3 is 0 Å². The van der Waals surface area contributed by atoms with Gasteiger partial charge in [0.1, 0.15) is 5.75 Å². The van der Waals surface area contributed by atoms with Gasteiger partial charge in [0.05, 0.1) is 25.1 Å². The van der Waals surface area contributed by atoms with Crippen LogP contribution in [0, 0.1) is 0 Å². The van der Waals surface area contributed by atoms with E-state index in [-0.39, 0.29) is 4.75 Å². The van der Waals surface area contributed by atoms with E-state index in [9.17, 15) is 0 Å². The normalized spacial score (nSPS) is 16.4. The Hall–Kier alpha value is -1.45. The monoisotopic (exact) mass is 286 g/mol. The third kappa shape index (κ3) is 2.69. The molecule has 0 amide bonds. The molecule has 0 N–H and O–H groups in total. The van der Waals surface area contributed by atoms with Gasteiger partial charge in [-0.2, -0.15) is 0 Å². The summed E-state index contributed by atoms with van der Waals surface area (Å²) in [7, 11) is 1.70. The van der Waals surface area contributed by atoms with Crippen molar-refractivity contribution in [2.24, 2.45) is 0 Å². The summed E-state index contributed by atoms with van der Waals surface area (Å²) in [6.45, 7) is 1.58. The molecule has 0 saturated carbocycles. The lowest BCUT2D eigenvalue weighted by Gasteiger charge is -2.41. The van der Waals surface area contributed by atoms with Crippen molar-refractivity contribution in [1.29, 1.82) is 0 Å². The molecular formula is C17H18O2S. The van der Waals surface area contributed by atoms with Crippen molar-refractivity contribution in [3.05, 3.63) is 65.7 Å². The van der Waals surface area contributed by atoms with Gasteiger partial charge in [0.25, 0.3) is 0 Å². The summed E-state index contributed by atoms with van der Waals surface area (Å²) < 4.78 is 10.8. The molecule has 2 aromatic carbocycles. The number of thioether (sulfide) groups is 1. The zero-order chi connectivity index (χ0) is 13.8. The van der Waals surface area contributed by atoms with Gasteiger partial charge in [0, 0.05) is 5.75 Å². The summed E-state index contributed by atoms with van der Waals surface area (Å²) in [5, 5.41) is 0. The minimum absolute atomic E-state index is 0.0993. The van der Waals surface area contributed by atoms with Crippen molar-refractivity contribution >= 4 is 11.8 Å². The molecule has 0 spiro atoms. The van der Waals surface area contributed by atoms with Crippen LogP contribution in [0.15, 0.2) is 54.6 Å². The number of hydrogen-bond acceptors (Lipinski definition) is 3. The number of ether oxygens (including phenoxy) is 2. The fraction of sp³-hybridized carbons (Fsp3) is 0.294. The molecule has 0 bridgehead atoms. The van der Waals surface area contributed by atoms with Crippen LogP contribution in [0.5, 0.6) is 5.75 Å². The summed E-state index contributed by atoms with van der Waals surface area (Å²) in [5.41, 5.74) is 2.68. The molecule has 1 saturated heterocycles. The number of methoxy groups -OCH3 is 1. The largest absolute Gasteiger partial charge is 0.497 e. The van der Waals surface area contributed by atoms with E-state index in [1.165, 1.54) is 11.1 Å². The maximum Gasteiger partial charge on any atom is 0.118 e. The van der Waals surface area contributed by atoms with Crippen LogP contribution in [-0.2, 0) is 15.2 Å². The summed E-state index contributed by atoms with van der Waals surface area (Å²) in [4.78, 5) is 0. The number of rotatable bonds is 5. The maximum absolute atomic E-state index is 5.49. The molecule has 104 valence electrons. The molecule has 2 aromatic rings. The van der Waals surface area contributed by atoms with Crippen molar-refractivity contribution in [3.63, 3.8) is 0 Å². The van der Waals surface area contributed by atoms with E-state index in [4.69, 9.17) is 9.47 Å². The molecule has 1 aliphatic heterocycles. The molecule has 20 heavy (non-hydrogen) atoms. The van der Waals surface area contributed by atoms with Crippen LogP contribution in [0.1, 0.15) is 11.1 Å². The van der Waals surface area contributed by atoms with Crippen molar-refractivity contribution in [3.8, 4) is 5.75 Å². The second-order valence-corrected chi connectivity index (χ2v) is 6.35. The third-order valence-electron chi connectivity index (χ3n) is 3.64. The van der Waals surface area contributed by atoms with Crippen LogP contribution in [0.2, 0.25) is 0 Å². The lowest BCUT2D eigenvalue weighted by atomic mass is 9.96. The molecule has 1 fully saturated rings. The van der Waals surface area contributed by atoms with Gasteiger partial charge in [-0.15, -0.1) is 11.8 Å². The van der Waals surface area contributed by atoms with Gasteiger partial charge < -0.3 is 9.47 Å². The van der Waals surface area contributed by atoms with E-state index in [0.717, 1.165) is 24.7 Å². The average Bonchev–Trinajstić information content (AvgIpc) is 2.48. The predicted molar refractivity (Wildman–Crippen MR) is 83.2 cm³/mol. The Morgan fingerprint density at radius 3 is 2.30 bits per heavy atom. The minimum Gasteiger partial charge on any atom is -0.497 e. The predicted octanol–water partition coefficient (Wildman–Crippen LogP) is 3.85. The first-order chi connectivity index (χ1) is 9.82. The Kier molecular flexibility index (Phi) is 3.99. The number of benzene rings is 2. The highest BCUT2D eigenvalue weighted by Gasteiger charge is 2.40. The fourth-order valence-electron chi connectivity index (χ4n) is 2.31. The average molecular weight is 286 g/mol. The van der Waals surface area contributed by atoms with E-state index in [1.54, 1.807) is 7.11 Å². The standard InChI is InChI=1S/C17H18O2S/c1-18-16-9-7-15(8-10-16)17(12-19-13-17)20-11-14-5-3-2-4-6-14/h2-10H,11-13H2,1H3. The van der Waals surface area contributed by atoms with E-state index in [0.29, 0.717) is 0 Å². The Bertz CT molecular complexity index is 547. The Morgan fingerprint density at radius 1 is 1.05 bits per heavy atom. The van der Waals surface area contributed by atoms with Crippen molar-refractivity contribution < 1.29 is 9.47 Å². The second-order valence-electron chi connectivity index (χ2n) is 4.99. The minimum atomic E-state index is 0.0993. The van der Waals surface area contributed by atoms with Crippen LogP contribution >= 0.6 is 11.8 Å². The Morgan fingerprint density at radius 2 is 1.75 bits per heavy atom. The molecule has 0 atom stereocenters. The zero-order valence-corrected chi connectivity index (χ0v) is 12.4. The lowest BCUT2D eigenvalue weighted by molar-refractivity contribution is -0.0109. The van der Waals surface area contributed by atoms with E-state index >= 15 is 0 Å².